The van der Waals surface area contributed by atoms with Gasteiger partial charge in [0.25, 0.3) is 5.91 Å². The Morgan fingerprint density at radius 1 is 1.18 bits per heavy atom. The summed E-state index contributed by atoms with van der Waals surface area (Å²) in [7, 11) is 1.56. The smallest absolute Gasteiger partial charge is 0.315 e. The minimum Gasteiger partial charge on any atom is -0.355 e. The average molecular weight is 304 g/mol. The molecule has 0 radical (unpaired) electrons. The average Bonchev–Trinajstić information content (AvgIpc) is 3.34. The Balaban J connectivity index is 1.73. The van der Waals surface area contributed by atoms with Gasteiger partial charge < -0.3 is 21.3 Å². The molecule has 22 heavy (non-hydrogen) atoms. The number of carbonyl (C=O) groups is 3. The van der Waals surface area contributed by atoms with Crippen LogP contribution in [0.1, 0.15) is 28.8 Å². The summed E-state index contributed by atoms with van der Waals surface area (Å²) in [5.41, 5.74) is 1.34. The Bertz CT molecular complexity index is 570. The zero-order valence-electron chi connectivity index (χ0n) is 12.4. The van der Waals surface area contributed by atoms with Crippen molar-refractivity contribution in [2.45, 2.75) is 25.4 Å². The van der Waals surface area contributed by atoms with Gasteiger partial charge in [-0.05, 0) is 30.5 Å². The van der Waals surface area contributed by atoms with Crippen LogP contribution in [0.15, 0.2) is 24.3 Å². The summed E-state index contributed by atoms with van der Waals surface area (Å²) in [6.07, 6.45) is 2.03. The maximum Gasteiger partial charge on any atom is 0.315 e. The molecule has 0 saturated heterocycles. The van der Waals surface area contributed by atoms with Gasteiger partial charge in [-0.3, -0.25) is 9.59 Å². The molecule has 0 unspecified atom stereocenters. The van der Waals surface area contributed by atoms with Crippen molar-refractivity contribution in [1.82, 2.24) is 21.3 Å². The van der Waals surface area contributed by atoms with Crippen molar-refractivity contribution in [3.05, 3.63) is 35.4 Å². The standard InChI is InChI=1S/C15H20N4O3/c1-16-14(21)11-4-2-3-10(7-11)8-17-15(22)18-9-13(20)19-12-5-6-12/h2-4,7,12H,5-6,8-9H2,1H3,(H,16,21)(H,19,20)(H2,17,18,22). The number of hydrogen-bond donors (Lipinski definition) is 4. The number of benzene rings is 1. The Morgan fingerprint density at radius 3 is 2.64 bits per heavy atom. The maximum atomic E-state index is 11.6. The van der Waals surface area contributed by atoms with E-state index >= 15 is 0 Å². The van der Waals surface area contributed by atoms with Crippen molar-refractivity contribution in [2.24, 2.45) is 0 Å². The molecule has 2 rings (SSSR count). The second-order valence-corrected chi connectivity index (χ2v) is 5.16. The molecule has 0 bridgehead atoms. The highest BCUT2D eigenvalue weighted by Crippen LogP contribution is 2.18. The fraction of sp³-hybridized carbons (Fsp3) is 0.400. The van der Waals surface area contributed by atoms with Crippen LogP contribution in [0.25, 0.3) is 0 Å². The number of amides is 4. The first kappa shape index (κ1) is 15.8. The van der Waals surface area contributed by atoms with Crippen molar-refractivity contribution in [3.8, 4) is 0 Å². The molecule has 1 aromatic carbocycles. The first-order valence-corrected chi connectivity index (χ1v) is 7.20. The van der Waals surface area contributed by atoms with E-state index in [2.05, 4.69) is 21.3 Å². The van der Waals surface area contributed by atoms with Crippen LogP contribution in [0.2, 0.25) is 0 Å². The third-order valence-corrected chi connectivity index (χ3v) is 3.22. The molecule has 7 heteroatoms. The molecule has 1 aliphatic rings. The van der Waals surface area contributed by atoms with Crippen molar-refractivity contribution < 1.29 is 14.4 Å². The molecule has 0 aliphatic heterocycles. The summed E-state index contributed by atoms with van der Waals surface area (Å²) >= 11 is 0. The first-order valence-electron chi connectivity index (χ1n) is 7.20. The molecule has 0 spiro atoms. The van der Waals surface area contributed by atoms with Gasteiger partial charge in [0.05, 0.1) is 6.54 Å². The molecule has 118 valence electrons. The Labute approximate surface area is 128 Å². The normalized spacial score (nSPS) is 13.1. The topological polar surface area (TPSA) is 99.3 Å². The van der Waals surface area contributed by atoms with Gasteiger partial charge >= 0.3 is 6.03 Å². The van der Waals surface area contributed by atoms with Gasteiger partial charge in [-0.25, -0.2) is 4.79 Å². The fourth-order valence-electron chi connectivity index (χ4n) is 1.88. The number of nitrogens with one attached hydrogen (secondary N) is 4. The Morgan fingerprint density at radius 2 is 1.95 bits per heavy atom. The molecule has 0 heterocycles. The molecule has 1 aromatic rings. The SMILES string of the molecule is CNC(=O)c1cccc(CNC(=O)NCC(=O)NC2CC2)c1. The van der Waals surface area contributed by atoms with E-state index in [1.807, 2.05) is 6.07 Å². The summed E-state index contributed by atoms with van der Waals surface area (Å²) in [6.45, 7) is 0.238. The lowest BCUT2D eigenvalue weighted by molar-refractivity contribution is -0.120. The lowest BCUT2D eigenvalue weighted by Crippen LogP contribution is -2.42. The van der Waals surface area contributed by atoms with Crippen LogP contribution in [0.4, 0.5) is 4.79 Å². The van der Waals surface area contributed by atoms with E-state index in [0.717, 1.165) is 18.4 Å². The number of hydrogen-bond acceptors (Lipinski definition) is 3. The minimum absolute atomic E-state index is 0.0411. The second kappa shape index (κ2) is 7.44. The molecule has 4 N–H and O–H groups in total. The van der Waals surface area contributed by atoms with Crippen LogP contribution >= 0.6 is 0 Å². The molecule has 0 aromatic heterocycles. The molecule has 0 atom stereocenters. The van der Waals surface area contributed by atoms with E-state index in [1.165, 1.54) is 0 Å². The zero-order valence-corrected chi connectivity index (χ0v) is 12.4. The summed E-state index contributed by atoms with van der Waals surface area (Å²) in [6, 6.07) is 6.83. The summed E-state index contributed by atoms with van der Waals surface area (Å²) < 4.78 is 0. The maximum absolute atomic E-state index is 11.6. The lowest BCUT2D eigenvalue weighted by atomic mass is 10.1. The quantitative estimate of drug-likeness (QED) is 0.601. The van der Waals surface area contributed by atoms with Crippen LogP contribution in [-0.2, 0) is 11.3 Å². The Kier molecular flexibility index (Phi) is 5.35. The summed E-state index contributed by atoms with van der Waals surface area (Å²) in [5.74, 6) is -0.359. The zero-order chi connectivity index (χ0) is 15.9. The van der Waals surface area contributed by atoms with Crippen molar-refractivity contribution in [2.75, 3.05) is 13.6 Å². The largest absolute Gasteiger partial charge is 0.355 e. The third kappa shape index (κ3) is 5.08. The van der Waals surface area contributed by atoms with Gasteiger partial charge in [-0.15, -0.1) is 0 Å². The van der Waals surface area contributed by atoms with Gasteiger partial charge in [-0.2, -0.15) is 0 Å². The lowest BCUT2D eigenvalue weighted by Gasteiger charge is -2.09. The van der Waals surface area contributed by atoms with E-state index in [0.29, 0.717) is 5.56 Å². The Hall–Kier alpha value is -2.57. The van der Waals surface area contributed by atoms with E-state index < -0.39 is 6.03 Å². The number of rotatable bonds is 6. The van der Waals surface area contributed by atoms with Crippen molar-refractivity contribution in [1.29, 1.82) is 0 Å². The van der Waals surface area contributed by atoms with Gasteiger partial charge in [-0.1, -0.05) is 12.1 Å². The predicted molar refractivity (Wildman–Crippen MR) is 81.2 cm³/mol. The van der Waals surface area contributed by atoms with Gasteiger partial charge in [0, 0.05) is 25.2 Å². The van der Waals surface area contributed by atoms with E-state index in [4.69, 9.17) is 0 Å². The van der Waals surface area contributed by atoms with Crippen LogP contribution in [-0.4, -0.2) is 37.5 Å². The molecule has 4 amide bonds. The van der Waals surface area contributed by atoms with Crippen LogP contribution in [0, 0.1) is 0 Å². The molecule has 1 fully saturated rings. The predicted octanol–water partition coefficient (Wildman–Crippen LogP) is 0.124. The molecular weight excluding hydrogens is 284 g/mol. The van der Waals surface area contributed by atoms with Gasteiger partial charge in [0.15, 0.2) is 0 Å². The first-order chi connectivity index (χ1) is 10.6. The second-order valence-electron chi connectivity index (χ2n) is 5.16. The summed E-state index contributed by atoms with van der Waals surface area (Å²) in [5, 5.41) is 10.5. The number of urea groups is 1. The van der Waals surface area contributed by atoms with E-state index in [-0.39, 0.29) is 30.9 Å². The van der Waals surface area contributed by atoms with Crippen LogP contribution < -0.4 is 21.3 Å². The van der Waals surface area contributed by atoms with Crippen LogP contribution in [0.3, 0.4) is 0 Å². The third-order valence-electron chi connectivity index (χ3n) is 3.22. The van der Waals surface area contributed by atoms with Crippen LogP contribution in [0.5, 0.6) is 0 Å². The van der Waals surface area contributed by atoms with Gasteiger partial charge in [0.2, 0.25) is 5.91 Å². The molecular formula is C15H20N4O3. The highest BCUT2D eigenvalue weighted by molar-refractivity contribution is 5.94. The molecule has 7 nitrogen and oxygen atoms in total. The highest BCUT2D eigenvalue weighted by atomic mass is 16.2. The van der Waals surface area contributed by atoms with Gasteiger partial charge in [0.1, 0.15) is 0 Å². The molecule has 1 aliphatic carbocycles. The summed E-state index contributed by atoms with van der Waals surface area (Å²) in [4.78, 5) is 34.6. The van der Waals surface area contributed by atoms with Crippen molar-refractivity contribution in [3.63, 3.8) is 0 Å². The molecule has 1 saturated carbocycles. The number of carbonyl (C=O) groups excluding carboxylic acids is 3. The van der Waals surface area contributed by atoms with E-state index in [9.17, 15) is 14.4 Å². The minimum atomic E-state index is -0.420. The van der Waals surface area contributed by atoms with Crippen molar-refractivity contribution >= 4 is 17.8 Å². The fourth-order valence-corrected chi connectivity index (χ4v) is 1.88. The highest BCUT2D eigenvalue weighted by Gasteiger charge is 2.23. The van der Waals surface area contributed by atoms with E-state index in [1.54, 1.807) is 25.2 Å². The monoisotopic (exact) mass is 304 g/mol.